The Morgan fingerprint density at radius 1 is 1.40 bits per heavy atom. The minimum Gasteiger partial charge on any atom is -0.343 e. The number of H-pyrrole nitrogens is 1. The summed E-state index contributed by atoms with van der Waals surface area (Å²) in [5, 5.41) is 15.0. The molecule has 0 bridgehead atoms. The average Bonchev–Trinajstić information content (AvgIpc) is 2.87. The summed E-state index contributed by atoms with van der Waals surface area (Å²) in [7, 11) is 0. The van der Waals surface area contributed by atoms with Crippen LogP contribution in [0.4, 0.5) is 13.2 Å². The summed E-state index contributed by atoms with van der Waals surface area (Å²) in [6.45, 7) is 1.32. The van der Waals surface area contributed by atoms with Gasteiger partial charge in [-0.2, -0.15) is 18.4 Å². The van der Waals surface area contributed by atoms with Gasteiger partial charge < -0.3 is 5.32 Å². The number of tetrazole rings is 1. The number of nitrogens with one attached hydrogen (secondary N) is 2. The second-order valence-corrected chi connectivity index (χ2v) is 3.89. The molecule has 0 saturated heterocycles. The Morgan fingerprint density at radius 2 is 2.15 bits per heavy atom. The second-order valence-electron chi connectivity index (χ2n) is 3.89. The van der Waals surface area contributed by atoms with Crippen molar-refractivity contribution in [3.63, 3.8) is 0 Å². The molecule has 0 aliphatic rings. The van der Waals surface area contributed by atoms with Crippen LogP contribution in [-0.4, -0.2) is 31.5 Å². The van der Waals surface area contributed by atoms with E-state index in [2.05, 4.69) is 30.9 Å². The van der Waals surface area contributed by atoms with Crippen LogP contribution in [0.15, 0.2) is 12.1 Å². The molecule has 106 valence electrons. The number of carbonyl (C=O) groups is 1. The van der Waals surface area contributed by atoms with Crippen molar-refractivity contribution in [2.45, 2.75) is 19.6 Å². The zero-order valence-corrected chi connectivity index (χ0v) is 10.2. The zero-order valence-electron chi connectivity index (χ0n) is 10.2. The normalized spacial score (nSPS) is 11.4. The fourth-order valence-electron chi connectivity index (χ4n) is 1.46. The van der Waals surface area contributed by atoms with Crippen LogP contribution < -0.4 is 5.32 Å². The van der Waals surface area contributed by atoms with Gasteiger partial charge in [-0.15, -0.1) is 10.2 Å². The molecular formula is C10H9F3N6O. The molecule has 0 aliphatic carbocycles. The summed E-state index contributed by atoms with van der Waals surface area (Å²) in [4.78, 5) is 15.5. The molecule has 0 aliphatic heterocycles. The molecule has 2 rings (SSSR count). The van der Waals surface area contributed by atoms with E-state index in [1.165, 1.54) is 6.92 Å². The number of hydrogen-bond donors (Lipinski definition) is 2. The molecule has 2 aromatic rings. The van der Waals surface area contributed by atoms with Crippen molar-refractivity contribution in [3.05, 3.63) is 34.9 Å². The molecule has 0 fully saturated rings. The summed E-state index contributed by atoms with van der Waals surface area (Å²) in [6, 6.07) is 1.56. The number of alkyl halides is 3. The Balaban J connectivity index is 2.15. The van der Waals surface area contributed by atoms with Gasteiger partial charge in [0.05, 0.1) is 12.1 Å². The summed E-state index contributed by atoms with van der Waals surface area (Å²) < 4.78 is 37.9. The quantitative estimate of drug-likeness (QED) is 0.872. The Hall–Kier alpha value is -2.52. The molecular weight excluding hydrogens is 277 g/mol. The molecule has 2 heterocycles. The number of hydrogen-bond acceptors (Lipinski definition) is 5. The van der Waals surface area contributed by atoms with Gasteiger partial charge in [-0.05, 0) is 19.1 Å². The minimum absolute atomic E-state index is 0.0632. The number of aromatic nitrogens is 5. The van der Waals surface area contributed by atoms with Gasteiger partial charge >= 0.3 is 6.18 Å². The Labute approximate surface area is 110 Å². The predicted molar refractivity (Wildman–Crippen MR) is 59.3 cm³/mol. The van der Waals surface area contributed by atoms with Crippen LogP contribution in [0, 0.1) is 6.92 Å². The van der Waals surface area contributed by atoms with E-state index in [1.807, 2.05) is 0 Å². The second kappa shape index (κ2) is 5.23. The molecule has 0 radical (unpaired) electrons. The zero-order chi connectivity index (χ0) is 14.8. The van der Waals surface area contributed by atoms with E-state index in [0.717, 1.165) is 6.07 Å². The molecule has 0 aromatic carbocycles. The van der Waals surface area contributed by atoms with Crippen LogP contribution in [0.2, 0.25) is 0 Å². The largest absolute Gasteiger partial charge is 0.416 e. The smallest absolute Gasteiger partial charge is 0.343 e. The van der Waals surface area contributed by atoms with Crippen molar-refractivity contribution in [2.75, 3.05) is 0 Å². The number of nitrogens with zero attached hydrogens (tertiary/aromatic N) is 4. The molecule has 10 heteroatoms. The van der Waals surface area contributed by atoms with Crippen molar-refractivity contribution in [1.29, 1.82) is 0 Å². The third-order valence-corrected chi connectivity index (χ3v) is 2.31. The van der Waals surface area contributed by atoms with Gasteiger partial charge in [-0.1, -0.05) is 5.21 Å². The fourth-order valence-corrected chi connectivity index (χ4v) is 1.46. The first-order valence-electron chi connectivity index (χ1n) is 5.42. The van der Waals surface area contributed by atoms with Gasteiger partial charge in [0.1, 0.15) is 5.69 Å². The van der Waals surface area contributed by atoms with Crippen LogP contribution in [0.25, 0.3) is 0 Å². The SMILES string of the molecule is Cc1cc(C(F)(F)F)cc(C(=O)NCc2nn[nH]n2)n1. The van der Waals surface area contributed by atoms with E-state index in [4.69, 9.17) is 0 Å². The van der Waals surface area contributed by atoms with Gasteiger partial charge in [0.25, 0.3) is 5.91 Å². The molecule has 2 N–H and O–H groups in total. The predicted octanol–water partition coefficient (Wildman–Crippen LogP) is 0.852. The number of halogens is 3. The molecule has 20 heavy (non-hydrogen) atoms. The van der Waals surface area contributed by atoms with E-state index < -0.39 is 17.6 Å². The monoisotopic (exact) mass is 286 g/mol. The third-order valence-electron chi connectivity index (χ3n) is 2.31. The molecule has 0 atom stereocenters. The lowest BCUT2D eigenvalue weighted by Crippen LogP contribution is -2.25. The lowest BCUT2D eigenvalue weighted by molar-refractivity contribution is -0.137. The highest BCUT2D eigenvalue weighted by molar-refractivity contribution is 5.92. The van der Waals surface area contributed by atoms with E-state index in [9.17, 15) is 18.0 Å². The van der Waals surface area contributed by atoms with E-state index in [-0.39, 0.29) is 23.8 Å². The maximum atomic E-state index is 12.6. The van der Waals surface area contributed by atoms with Crippen molar-refractivity contribution in [3.8, 4) is 0 Å². The Morgan fingerprint density at radius 3 is 2.75 bits per heavy atom. The number of aryl methyl sites for hydroxylation is 1. The maximum Gasteiger partial charge on any atom is 0.416 e. The molecule has 1 amide bonds. The van der Waals surface area contributed by atoms with Gasteiger partial charge in [0.15, 0.2) is 5.82 Å². The Kier molecular flexibility index (Phi) is 3.63. The van der Waals surface area contributed by atoms with E-state index >= 15 is 0 Å². The van der Waals surface area contributed by atoms with Crippen LogP contribution >= 0.6 is 0 Å². The first-order chi connectivity index (χ1) is 9.36. The highest BCUT2D eigenvalue weighted by Gasteiger charge is 2.31. The van der Waals surface area contributed by atoms with Crippen molar-refractivity contribution < 1.29 is 18.0 Å². The average molecular weight is 286 g/mol. The lowest BCUT2D eigenvalue weighted by atomic mass is 10.2. The third kappa shape index (κ3) is 3.28. The van der Waals surface area contributed by atoms with Gasteiger partial charge in [-0.3, -0.25) is 4.79 Å². The summed E-state index contributed by atoms with van der Waals surface area (Å²) in [5.74, 6) is -0.536. The summed E-state index contributed by atoms with van der Waals surface area (Å²) in [5.41, 5.74) is -1.14. The summed E-state index contributed by atoms with van der Waals surface area (Å²) >= 11 is 0. The molecule has 7 nitrogen and oxygen atoms in total. The molecule has 0 spiro atoms. The number of carbonyl (C=O) groups excluding carboxylic acids is 1. The van der Waals surface area contributed by atoms with E-state index in [1.54, 1.807) is 0 Å². The molecule has 0 saturated carbocycles. The highest BCUT2D eigenvalue weighted by Crippen LogP contribution is 2.29. The van der Waals surface area contributed by atoms with Crippen molar-refractivity contribution in [2.24, 2.45) is 0 Å². The van der Waals surface area contributed by atoms with Crippen molar-refractivity contribution in [1.82, 2.24) is 30.9 Å². The van der Waals surface area contributed by atoms with Crippen LogP contribution in [-0.2, 0) is 12.7 Å². The maximum absolute atomic E-state index is 12.6. The molecule has 0 unspecified atom stereocenters. The first kappa shape index (κ1) is 13.9. The van der Waals surface area contributed by atoms with Crippen LogP contribution in [0.5, 0.6) is 0 Å². The minimum atomic E-state index is -4.53. The lowest BCUT2D eigenvalue weighted by Gasteiger charge is -2.09. The van der Waals surface area contributed by atoms with Gasteiger partial charge in [0.2, 0.25) is 0 Å². The van der Waals surface area contributed by atoms with Gasteiger partial charge in [-0.25, -0.2) is 4.98 Å². The summed E-state index contributed by atoms with van der Waals surface area (Å²) in [6.07, 6.45) is -4.53. The Bertz CT molecular complexity index is 610. The van der Waals surface area contributed by atoms with E-state index in [0.29, 0.717) is 6.07 Å². The first-order valence-corrected chi connectivity index (χ1v) is 5.42. The number of rotatable bonds is 3. The van der Waals surface area contributed by atoms with Crippen LogP contribution in [0.1, 0.15) is 27.6 Å². The van der Waals surface area contributed by atoms with Gasteiger partial charge in [0, 0.05) is 5.69 Å². The molecule has 2 aromatic heterocycles. The van der Waals surface area contributed by atoms with Crippen LogP contribution in [0.3, 0.4) is 0 Å². The number of aromatic amines is 1. The highest BCUT2D eigenvalue weighted by atomic mass is 19.4. The number of amides is 1. The number of pyridine rings is 1. The van der Waals surface area contributed by atoms with Crippen molar-refractivity contribution >= 4 is 5.91 Å². The fraction of sp³-hybridized carbons (Fsp3) is 0.300. The topological polar surface area (TPSA) is 96.5 Å². The standard InChI is InChI=1S/C10H9F3N6O/c1-5-2-6(10(11,12)13)3-7(15-5)9(20)14-4-8-16-18-19-17-8/h2-3H,4H2,1H3,(H,14,20)(H,16,17,18,19).